The molecule has 0 aromatic rings. The molecule has 0 aliphatic carbocycles. The van der Waals surface area contributed by atoms with E-state index in [2.05, 4.69) is 4.52 Å². The van der Waals surface area contributed by atoms with Gasteiger partial charge in [-0.3, -0.25) is 18.6 Å². The Balaban J connectivity index is 0. The number of rotatable bonds is 4. The third kappa shape index (κ3) is 21.6. The zero-order chi connectivity index (χ0) is 17.5. The topological polar surface area (TPSA) is 97.4 Å². The van der Waals surface area contributed by atoms with Crippen LogP contribution < -0.4 is 0 Å². The van der Waals surface area contributed by atoms with Crippen LogP contribution in [0.5, 0.6) is 0 Å². The van der Waals surface area contributed by atoms with Crippen molar-refractivity contribution >= 4 is 34.7 Å². The van der Waals surface area contributed by atoms with Crippen molar-refractivity contribution in [2.45, 2.75) is 34.6 Å². The number of Topliss-reactive ketones (excluding diaryl/α,β-unsaturated/α-hetero) is 1. The fourth-order valence-electron chi connectivity index (χ4n) is 0.808. The van der Waals surface area contributed by atoms with E-state index in [9.17, 15) is 14.4 Å². The van der Waals surface area contributed by atoms with Crippen molar-refractivity contribution in [3.63, 3.8) is 0 Å². The van der Waals surface area contributed by atoms with Crippen LogP contribution in [0.15, 0.2) is 0 Å². The van der Waals surface area contributed by atoms with E-state index in [0.717, 1.165) is 0 Å². The fraction of sp³-hybridized carbons (Fsp3) is 0.750. The van der Waals surface area contributed by atoms with Gasteiger partial charge in [-0.05, 0) is 20.8 Å². The van der Waals surface area contributed by atoms with Gasteiger partial charge in [0.25, 0.3) is 0 Å². The van der Waals surface area contributed by atoms with Crippen molar-refractivity contribution in [3.8, 4) is 0 Å². The van der Waals surface area contributed by atoms with E-state index < -0.39 is 17.0 Å². The van der Waals surface area contributed by atoms with Gasteiger partial charge in [0.15, 0.2) is 0 Å². The lowest BCUT2D eigenvalue weighted by atomic mass is 10.6. The van der Waals surface area contributed by atoms with Gasteiger partial charge in [-0.2, -0.15) is 0 Å². The van der Waals surface area contributed by atoms with Crippen molar-refractivity contribution in [3.05, 3.63) is 0 Å². The van der Waals surface area contributed by atoms with E-state index in [4.69, 9.17) is 18.1 Å². The summed E-state index contributed by atoms with van der Waals surface area (Å²) in [4.78, 5) is 29.9. The lowest BCUT2D eigenvalue weighted by molar-refractivity contribution is -0.133. The predicted octanol–water partition coefficient (Wildman–Crippen LogP) is 2.95. The minimum absolute atomic E-state index is 0.167. The zero-order valence-corrected chi connectivity index (χ0v) is 15.6. The summed E-state index contributed by atoms with van der Waals surface area (Å²) in [5, 5.41) is 0. The van der Waals surface area contributed by atoms with Crippen LogP contribution in [0.25, 0.3) is 0 Å². The number of carbonyl (C=O) groups excluding carboxylic acids is 3. The standard InChI is InChI=1S/C5H11O3P.C4H7O4P.C3H6O/c1-4-7-9(3)8-5(2)6;1-4(5)8-9-6-2-3-7-9;1-3(2)4/h4H2,1-3H3;2-3H2,1H3;1-2H3. The minimum atomic E-state index is -1.33. The summed E-state index contributed by atoms with van der Waals surface area (Å²) < 4.78 is 24.0. The summed E-state index contributed by atoms with van der Waals surface area (Å²) in [5.74, 6) is -0.472. The summed E-state index contributed by atoms with van der Waals surface area (Å²) in [6, 6.07) is 0. The third-order valence-electron chi connectivity index (χ3n) is 1.25. The molecule has 1 saturated heterocycles. The smallest absolute Gasteiger partial charge is 0.399 e. The molecule has 1 unspecified atom stereocenters. The Bertz CT molecular complexity index is 327. The molecular weight excluding hydrogens is 334 g/mol. The minimum Gasteiger partial charge on any atom is -0.417 e. The van der Waals surface area contributed by atoms with Crippen LogP contribution in [0.1, 0.15) is 34.6 Å². The van der Waals surface area contributed by atoms with Crippen LogP contribution >= 0.6 is 17.0 Å². The summed E-state index contributed by atoms with van der Waals surface area (Å²) in [6.07, 6.45) is 0. The molecule has 0 aromatic carbocycles. The van der Waals surface area contributed by atoms with Gasteiger partial charge in [0.1, 0.15) is 5.78 Å². The molecule has 0 N–H and O–H groups in total. The molecule has 1 rings (SSSR count). The quantitative estimate of drug-likeness (QED) is 0.708. The Morgan fingerprint density at radius 3 is 1.82 bits per heavy atom. The Morgan fingerprint density at radius 2 is 1.50 bits per heavy atom. The van der Waals surface area contributed by atoms with E-state index in [-0.39, 0.29) is 17.7 Å². The molecular formula is C12H24O8P2. The molecule has 1 aliphatic heterocycles. The number of hydrogen-bond donors (Lipinski definition) is 0. The average molecular weight is 358 g/mol. The maximum absolute atomic E-state index is 10.2. The molecule has 1 fully saturated rings. The second kappa shape index (κ2) is 15.3. The molecule has 1 atom stereocenters. The second-order valence-corrected chi connectivity index (χ2v) is 6.29. The first-order chi connectivity index (χ1) is 10.2. The number of hydrogen-bond acceptors (Lipinski definition) is 8. The maximum atomic E-state index is 10.2. The normalized spacial score (nSPS) is 14.6. The molecule has 1 aliphatic rings. The first-order valence-corrected chi connectivity index (χ1v) is 9.17. The maximum Gasteiger partial charge on any atom is 0.399 e. The van der Waals surface area contributed by atoms with Gasteiger partial charge in [-0.15, -0.1) is 0 Å². The monoisotopic (exact) mass is 358 g/mol. The zero-order valence-electron chi connectivity index (χ0n) is 13.8. The molecule has 1 heterocycles. The Hall–Kier alpha value is -0.650. The van der Waals surface area contributed by atoms with Gasteiger partial charge in [0.2, 0.25) is 8.38 Å². The summed E-state index contributed by atoms with van der Waals surface area (Å²) >= 11 is 0. The van der Waals surface area contributed by atoms with E-state index in [1.54, 1.807) is 6.66 Å². The van der Waals surface area contributed by atoms with Crippen molar-refractivity contribution in [1.82, 2.24) is 0 Å². The highest BCUT2D eigenvalue weighted by molar-refractivity contribution is 7.46. The van der Waals surface area contributed by atoms with Crippen LogP contribution in [-0.2, 0) is 37.0 Å². The van der Waals surface area contributed by atoms with Crippen molar-refractivity contribution in [1.29, 1.82) is 0 Å². The first-order valence-electron chi connectivity index (χ1n) is 6.45. The Labute approximate surface area is 133 Å². The van der Waals surface area contributed by atoms with Crippen LogP contribution in [0, 0.1) is 0 Å². The number of ketones is 1. The molecule has 0 amide bonds. The van der Waals surface area contributed by atoms with E-state index in [0.29, 0.717) is 19.8 Å². The number of carbonyl (C=O) groups is 3. The highest BCUT2D eigenvalue weighted by Gasteiger charge is 2.21. The molecule has 0 aromatic heterocycles. The van der Waals surface area contributed by atoms with Gasteiger partial charge in [-0.1, -0.05) is 0 Å². The lowest BCUT2D eigenvalue weighted by Crippen LogP contribution is -1.94. The molecule has 0 bridgehead atoms. The molecule has 10 heteroatoms. The van der Waals surface area contributed by atoms with E-state index >= 15 is 0 Å². The second-order valence-electron chi connectivity index (χ2n) is 3.82. The van der Waals surface area contributed by atoms with Crippen molar-refractivity contribution < 1.29 is 37.0 Å². The van der Waals surface area contributed by atoms with Crippen LogP contribution in [0.3, 0.4) is 0 Å². The van der Waals surface area contributed by atoms with Crippen LogP contribution in [0.4, 0.5) is 0 Å². The Kier molecular flexibility index (Phi) is 16.4. The van der Waals surface area contributed by atoms with Gasteiger partial charge in [0, 0.05) is 20.5 Å². The molecule has 130 valence electrons. The molecule has 0 spiro atoms. The van der Waals surface area contributed by atoms with E-state index in [1.165, 1.54) is 27.7 Å². The molecule has 22 heavy (non-hydrogen) atoms. The van der Waals surface area contributed by atoms with Gasteiger partial charge in [0.05, 0.1) is 19.8 Å². The van der Waals surface area contributed by atoms with Gasteiger partial charge >= 0.3 is 20.5 Å². The summed E-state index contributed by atoms with van der Waals surface area (Å²) in [7, 11) is -2.30. The molecule has 8 nitrogen and oxygen atoms in total. The van der Waals surface area contributed by atoms with Crippen LogP contribution in [-0.4, -0.2) is 44.2 Å². The lowest BCUT2D eigenvalue weighted by Gasteiger charge is -2.08. The SMILES string of the molecule is CC(=O)OP1OCCO1.CC(C)=O.CCOP(C)OC(C)=O. The summed E-state index contributed by atoms with van der Waals surface area (Å²) in [5.41, 5.74) is 0. The average Bonchev–Trinajstić information content (AvgIpc) is 2.80. The highest BCUT2D eigenvalue weighted by Crippen LogP contribution is 2.43. The largest absolute Gasteiger partial charge is 0.417 e. The van der Waals surface area contributed by atoms with Gasteiger partial charge in [-0.25, -0.2) is 0 Å². The predicted molar refractivity (Wildman–Crippen MR) is 83.2 cm³/mol. The van der Waals surface area contributed by atoms with Crippen molar-refractivity contribution in [2.75, 3.05) is 26.5 Å². The summed E-state index contributed by atoms with van der Waals surface area (Å²) in [6.45, 7) is 11.0. The first kappa shape index (κ1) is 23.6. The third-order valence-corrected chi connectivity index (χ3v) is 3.58. The Morgan fingerprint density at radius 1 is 1.05 bits per heavy atom. The molecule has 0 saturated carbocycles. The highest BCUT2D eigenvalue weighted by atomic mass is 31.2. The van der Waals surface area contributed by atoms with Crippen molar-refractivity contribution in [2.24, 2.45) is 0 Å². The molecule has 0 radical (unpaired) electrons. The van der Waals surface area contributed by atoms with Crippen LogP contribution in [0.2, 0.25) is 0 Å². The van der Waals surface area contributed by atoms with E-state index in [1.807, 2.05) is 6.92 Å². The fourth-order valence-corrected chi connectivity index (χ4v) is 2.42. The van der Waals surface area contributed by atoms with Gasteiger partial charge < -0.3 is 18.4 Å².